The zero-order valence-electron chi connectivity index (χ0n) is 10.1. The lowest BCUT2D eigenvalue weighted by Gasteiger charge is -2.07. The van der Waals surface area contributed by atoms with E-state index in [1.807, 2.05) is 36.4 Å². The summed E-state index contributed by atoms with van der Waals surface area (Å²) in [5.41, 5.74) is 0. The molecule has 0 saturated carbocycles. The highest BCUT2D eigenvalue weighted by molar-refractivity contribution is 7.99. The summed E-state index contributed by atoms with van der Waals surface area (Å²) in [5.74, 6) is 0. The molecule has 2 N–H and O–H groups in total. The first kappa shape index (κ1) is 15.4. The van der Waals surface area contributed by atoms with E-state index >= 15 is 0 Å². The van der Waals surface area contributed by atoms with Gasteiger partial charge in [0.05, 0.1) is 10.0 Å². The van der Waals surface area contributed by atoms with Crippen LogP contribution in [0.1, 0.15) is 0 Å². The Hall–Kier alpha value is -1.01. The lowest BCUT2D eigenvalue weighted by molar-refractivity contribution is 0.252. The zero-order chi connectivity index (χ0) is 14.4. The largest absolute Gasteiger partial charge is 0.335 e. The highest BCUT2D eigenvalue weighted by Gasteiger charge is 2.06. The number of halogens is 2. The fourth-order valence-corrected chi connectivity index (χ4v) is 2.98. The molecular weight excluding hydrogens is 335 g/mol. The molecule has 0 fully saturated rings. The van der Waals surface area contributed by atoms with Gasteiger partial charge in [0.1, 0.15) is 0 Å². The molecule has 0 bridgehead atoms. The van der Waals surface area contributed by atoms with Crippen LogP contribution in [0.5, 0.6) is 0 Å². The van der Waals surface area contributed by atoms with Crippen molar-refractivity contribution >= 4 is 53.1 Å². The van der Waals surface area contributed by atoms with Crippen LogP contribution < -0.4 is 9.44 Å². The SMILES string of the molecule is O=C(NSc1ccccc1Cl)NSc1ccccc1Cl. The van der Waals surface area contributed by atoms with Crippen molar-refractivity contribution in [2.45, 2.75) is 9.79 Å². The molecule has 3 nitrogen and oxygen atoms in total. The van der Waals surface area contributed by atoms with Crippen molar-refractivity contribution < 1.29 is 4.79 Å². The van der Waals surface area contributed by atoms with E-state index < -0.39 is 0 Å². The Balaban J connectivity index is 1.82. The molecule has 0 spiro atoms. The van der Waals surface area contributed by atoms with Gasteiger partial charge in [-0.2, -0.15) is 0 Å². The normalized spacial score (nSPS) is 10.1. The number of hydrogen-bond donors (Lipinski definition) is 2. The Labute approximate surface area is 135 Å². The molecule has 0 aliphatic heterocycles. The quantitative estimate of drug-likeness (QED) is 0.766. The van der Waals surface area contributed by atoms with E-state index in [2.05, 4.69) is 9.44 Å². The highest BCUT2D eigenvalue weighted by Crippen LogP contribution is 2.26. The maximum atomic E-state index is 11.7. The third-order valence-corrected chi connectivity index (χ3v) is 4.79. The van der Waals surface area contributed by atoms with Crippen molar-refractivity contribution in [1.29, 1.82) is 0 Å². The third-order valence-electron chi connectivity index (χ3n) is 2.18. The summed E-state index contributed by atoms with van der Waals surface area (Å²) < 4.78 is 5.30. The minimum absolute atomic E-state index is 0.333. The first-order chi connectivity index (χ1) is 9.66. The Kier molecular flexibility index (Phi) is 5.91. The number of hydrogen-bond acceptors (Lipinski definition) is 3. The molecule has 0 saturated heterocycles. The predicted molar refractivity (Wildman–Crippen MR) is 86.3 cm³/mol. The summed E-state index contributed by atoms with van der Waals surface area (Å²) in [5, 5.41) is 1.19. The van der Waals surface area contributed by atoms with Crippen LogP contribution in [0.4, 0.5) is 4.79 Å². The van der Waals surface area contributed by atoms with Crippen LogP contribution >= 0.6 is 47.1 Å². The fraction of sp³-hybridized carbons (Fsp3) is 0. The van der Waals surface area contributed by atoms with Crippen molar-refractivity contribution in [2.75, 3.05) is 0 Å². The second-order valence-corrected chi connectivity index (χ2v) is 6.11. The molecule has 0 aromatic heterocycles. The van der Waals surface area contributed by atoms with E-state index in [4.69, 9.17) is 23.2 Å². The molecule has 20 heavy (non-hydrogen) atoms. The van der Waals surface area contributed by atoms with Crippen molar-refractivity contribution in [1.82, 2.24) is 9.44 Å². The fourth-order valence-electron chi connectivity index (χ4n) is 1.28. The second-order valence-electron chi connectivity index (χ2n) is 3.60. The van der Waals surface area contributed by atoms with E-state index in [1.165, 1.54) is 0 Å². The molecule has 2 amide bonds. The molecule has 7 heteroatoms. The van der Waals surface area contributed by atoms with Gasteiger partial charge in [0.25, 0.3) is 0 Å². The van der Waals surface area contributed by atoms with Crippen LogP contribution in [0.15, 0.2) is 58.3 Å². The Morgan fingerprint density at radius 3 is 1.60 bits per heavy atom. The number of amides is 2. The molecule has 0 aliphatic carbocycles. The Morgan fingerprint density at radius 1 is 0.800 bits per heavy atom. The topological polar surface area (TPSA) is 41.1 Å². The van der Waals surface area contributed by atoms with E-state index in [0.29, 0.717) is 10.0 Å². The Morgan fingerprint density at radius 2 is 1.20 bits per heavy atom. The van der Waals surface area contributed by atoms with Gasteiger partial charge in [-0.25, -0.2) is 4.79 Å². The third kappa shape index (κ3) is 4.52. The monoisotopic (exact) mass is 344 g/mol. The molecule has 2 aromatic carbocycles. The van der Waals surface area contributed by atoms with Crippen molar-refractivity contribution in [3.8, 4) is 0 Å². The second kappa shape index (κ2) is 7.69. The van der Waals surface area contributed by atoms with Crippen LogP contribution in [-0.2, 0) is 0 Å². The number of benzene rings is 2. The van der Waals surface area contributed by atoms with Gasteiger partial charge in [0, 0.05) is 9.79 Å². The number of carbonyl (C=O) groups excluding carboxylic acids is 1. The molecule has 2 aromatic rings. The van der Waals surface area contributed by atoms with Gasteiger partial charge < -0.3 is 0 Å². The molecule has 0 radical (unpaired) electrons. The molecule has 0 aliphatic rings. The van der Waals surface area contributed by atoms with Gasteiger partial charge >= 0.3 is 6.03 Å². The van der Waals surface area contributed by atoms with Crippen molar-refractivity contribution in [3.05, 3.63) is 58.6 Å². The predicted octanol–water partition coefficient (Wildman–Crippen LogP) is 5.01. The molecule has 0 heterocycles. The molecule has 2 rings (SSSR count). The smallest absolute Gasteiger partial charge is 0.277 e. The summed E-state index contributed by atoms with van der Waals surface area (Å²) in [4.78, 5) is 13.2. The highest BCUT2D eigenvalue weighted by atomic mass is 35.5. The Bertz CT molecular complexity index is 559. The van der Waals surface area contributed by atoms with Gasteiger partial charge in [-0.15, -0.1) is 0 Å². The van der Waals surface area contributed by atoms with Crippen molar-refractivity contribution in [3.63, 3.8) is 0 Å². The van der Waals surface area contributed by atoms with E-state index in [1.54, 1.807) is 12.1 Å². The van der Waals surface area contributed by atoms with Crippen LogP contribution in [-0.4, -0.2) is 6.03 Å². The van der Waals surface area contributed by atoms with Gasteiger partial charge in [0.15, 0.2) is 0 Å². The molecule has 0 atom stereocenters. The molecular formula is C13H10Cl2N2OS2. The number of rotatable bonds is 4. The van der Waals surface area contributed by atoms with E-state index in [-0.39, 0.29) is 6.03 Å². The molecule has 0 unspecified atom stereocenters. The summed E-state index contributed by atoms with van der Waals surface area (Å²) in [6.45, 7) is 0. The lowest BCUT2D eigenvalue weighted by atomic mass is 10.4. The number of nitrogens with one attached hydrogen (secondary N) is 2. The lowest BCUT2D eigenvalue weighted by Crippen LogP contribution is -2.25. The minimum Gasteiger partial charge on any atom is -0.277 e. The van der Waals surface area contributed by atoms with Crippen LogP contribution in [0.3, 0.4) is 0 Å². The standard InChI is InChI=1S/C13H10Cl2N2OS2/c14-9-5-1-3-7-11(9)19-16-13(18)17-20-12-8-4-2-6-10(12)15/h1-8H,(H2,16,17,18). The molecule has 104 valence electrons. The van der Waals surface area contributed by atoms with Gasteiger partial charge in [-0.3, -0.25) is 9.44 Å². The van der Waals surface area contributed by atoms with Crippen LogP contribution in [0.2, 0.25) is 10.0 Å². The zero-order valence-corrected chi connectivity index (χ0v) is 13.2. The van der Waals surface area contributed by atoms with Gasteiger partial charge in [0.2, 0.25) is 0 Å². The van der Waals surface area contributed by atoms with Gasteiger partial charge in [-0.05, 0) is 48.2 Å². The summed E-state index contributed by atoms with van der Waals surface area (Å²) in [7, 11) is 0. The first-order valence-corrected chi connectivity index (χ1v) is 7.94. The average Bonchev–Trinajstić information content (AvgIpc) is 2.45. The van der Waals surface area contributed by atoms with Crippen molar-refractivity contribution in [2.24, 2.45) is 0 Å². The van der Waals surface area contributed by atoms with Gasteiger partial charge in [-0.1, -0.05) is 47.5 Å². The summed E-state index contributed by atoms with van der Waals surface area (Å²) >= 11 is 14.3. The van der Waals surface area contributed by atoms with Crippen LogP contribution in [0, 0.1) is 0 Å². The number of urea groups is 1. The average molecular weight is 345 g/mol. The summed E-state index contributed by atoms with van der Waals surface area (Å²) in [6.07, 6.45) is 0. The first-order valence-electron chi connectivity index (χ1n) is 5.55. The maximum absolute atomic E-state index is 11.7. The van der Waals surface area contributed by atoms with Crippen LogP contribution in [0.25, 0.3) is 0 Å². The minimum atomic E-state index is -0.333. The number of carbonyl (C=O) groups is 1. The maximum Gasteiger partial charge on any atom is 0.335 e. The van der Waals surface area contributed by atoms with E-state index in [9.17, 15) is 4.79 Å². The van der Waals surface area contributed by atoms with E-state index in [0.717, 1.165) is 33.7 Å². The summed E-state index contributed by atoms with van der Waals surface area (Å²) in [6, 6.07) is 14.2.